The number of nitrogens with one attached hydrogen (secondary N) is 2. The molecule has 3 amide bonds. The SMILES string of the molecule is O=C([O-])c1ccc(CNC(=O)c2ccc(CNC3=C(Cl)C(=O)N(Cc4ccccc4)C3=O)cc2)cc1. The van der Waals surface area contributed by atoms with Gasteiger partial charge in [0.05, 0.1) is 12.5 Å². The summed E-state index contributed by atoms with van der Waals surface area (Å²) in [6, 6.07) is 22.0. The zero-order valence-electron chi connectivity index (χ0n) is 19.0. The van der Waals surface area contributed by atoms with E-state index in [2.05, 4.69) is 10.6 Å². The van der Waals surface area contributed by atoms with Gasteiger partial charge in [-0.3, -0.25) is 19.3 Å². The number of carboxylic acids is 1. The van der Waals surface area contributed by atoms with Crippen LogP contribution in [0.3, 0.4) is 0 Å². The van der Waals surface area contributed by atoms with Crippen LogP contribution in [-0.2, 0) is 29.2 Å². The third-order valence-corrected chi connectivity index (χ3v) is 5.97. The Morgan fingerprint density at radius 2 is 1.33 bits per heavy atom. The van der Waals surface area contributed by atoms with Gasteiger partial charge in [0.25, 0.3) is 17.7 Å². The summed E-state index contributed by atoms with van der Waals surface area (Å²) >= 11 is 6.15. The second kappa shape index (κ2) is 10.9. The van der Waals surface area contributed by atoms with E-state index in [4.69, 9.17) is 11.6 Å². The Kier molecular flexibility index (Phi) is 7.46. The number of nitrogens with zero attached hydrogens (tertiary/aromatic N) is 1. The number of aromatic carboxylic acids is 1. The van der Waals surface area contributed by atoms with Crippen molar-refractivity contribution < 1.29 is 24.3 Å². The quantitative estimate of drug-likeness (QED) is 0.432. The van der Waals surface area contributed by atoms with Crippen LogP contribution in [0.1, 0.15) is 37.4 Å². The highest BCUT2D eigenvalue weighted by Gasteiger charge is 2.37. The molecule has 0 radical (unpaired) electrons. The minimum absolute atomic E-state index is 0.0455. The van der Waals surface area contributed by atoms with Gasteiger partial charge in [-0.25, -0.2) is 0 Å². The van der Waals surface area contributed by atoms with Crippen molar-refractivity contribution in [1.82, 2.24) is 15.5 Å². The molecule has 0 bridgehead atoms. The van der Waals surface area contributed by atoms with Crippen LogP contribution in [0, 0.1) is 0 Å². The highest BCUT2D eigenvalue weighted by Crippen LogP contribution is 2.24. The van der Waals surface area contributed by atoms with Crippen LogP contribution in [-0.4, -0.2) is 28.6 Å². The molecule has 0 aromatic heterocycles. The first-order valence-electron chi connectivity index (χ1n) is 11.0. The van der Waals surface area contributed by atoms with Gasteiger partial charge in [-0.05, 0) is 34.4 Å². The minimum atomic E-state index is -1.26. The van der Waals surface area contributed by atoms with E-state index >= 15 is 0 Å². The lowest BCUT2D eigenvalue weighted by molar-refractivity contribution is -0.255. The molecule has 0 saturated heterocycles. The van der Waals surface area contributed by atoms with Crippen LogP contribution in [0.4, 0.5) is 0 Å². The lowest BCUT2D eigenvalue weighted by Crippen LogP contribution is -2.33. The average molecular weight is 503 g/mol. The van der Waals surface area contributed by atoms with Gasteiger partial charge < -0.3 is 20.5 Å². The fraction of sp³-hybridized carbons (Fsp3) is 0.111. The van der Waals surface area contributed by atoms with E-state index in [1.807, 2.05) is 30.3 Å². The second-order valence-corrected chi connectivity index (χ2v) is 8.47. The zero-order chi connectivity index (χ0) is 25.7. The van der Waals surface area contributed by atoms with Crippen LogP contribution in [0.2, 0.25) is 0 Å². The summed E-state index contributed by atoms with van der Waals surface area (Å²) in [5, 5.41) is 16.4. The molecule has 0 atom stereocenters. The van der Waals surface area contributed by atoms with Crippen molar-refractivity contribution in [2.24, 2.45) is 0 Å². The number of halogens is 1. The second-order valence-electron chi connectivity index (χ2n) is 8.09. The molecule has 3 aromatic rings. The summed E-state index contributed by atoms with van der Waals surface area (Å²) in [5.41, 5.74) is 2.89. The van der Waals surface area contributed by atoms with Crippen molar-refractivity contribution in [1.29, 1.82) is 0 Å². The molecular weight excluding hydrogens is 482 g/mol. The maximum atomic E-state index is 12.8. The molecule has 9 heteroatoms. The molecule has 36 heavy (non-hydrogen) atoms. The van der Waals surface area contributed by atoms with E-state index in [1.165, 1.54) is 12.1 Å². The predicted molar refractivity (Wildman–Crippen MR) is 130 cm³/mol. The average Bonchev–Trinajstić information content (AvgIpc) is 3.09. The minimum Gasteiger partial charge on any atom is -0.545 e. The number of carboxylic acid groups (broad SMARTS) is 1. The molecular formula is C27H21ClN3O5-. The number of carbonyl (C=O) groups excluding carboxylic acids is 4. The standard InChI is InChI=1S/C27H22ClN3O5/c28-22-23(26(34)31(25(22)33)16-19-4-2-1-3-5-19)29-14-17-6-10-20(11-7-17)24(32)30-15-18-8-12-21(13-9-18)27(35)36/h1-13,29H,14-16H2,(H,30,32)(H,35,36)/p-1. The van der Waals surface area contributed by atoms with Gasteiger partial charge in [0.2, 0.25) is 0 Å². The molecule has 0 unspecified atom stereocenters. The maximum absolute atomic E-state index is 12.8. The largest absolute Gasteiger partial charge is 0.545 e. The first kappa shape index (κ1) is 24.7. The number of imide groups is 1. The Morgan fingerprint density at radius 1 is 0.750 bits per heavy atom. The monoisotopic (exact) mass is 502 g/mol. The molecule has 0 saturated carbocycles. The Hall–Kier alpha value is -4.43. The van der Waals surface area contributed by atoms with Gasteiger partial charge in [0, 0.05) is 18.7 Å². The van der Waals surface area contributed by atoms with Crippen LogP contribution in [0.5, 0.6) is 0 Å². The molecule has 1 aliphatic heterocycles. The van der Waals surface area contributed by atoms with Crippen LogP contribution in [0.25, 0.3) is 0 Å². The van der Waals surface area contributed by atoms with E-state index in [1.54, 1.807) is 36.4 Å². The summed E-state index contributed by atoms with van der Waals surface area (Å²) in [5.74, 6) is -2.59. The fourth-order valence-electron chi connectivity index (χ4n) is 3.62. The Labute approximate surface area is 212 Å². The maximum Gasteiger partial charge on any atom is 0.278 e. The Morgan fingerprint density at radius 3 is 1.94 bits per heavy atom. The Bertz CT molecular complexity index is 1340. The molecule has 1 aliphatic rings. The predicted octanol–water partition coefficient (Wildman–Crippen LogP) is 2.09. The molecule has 4 rings (SSSR count). The first-order valence-corrected chi connectivity index (χ1v) is 11.4. The number of rotatable bonds is 9. The molecule has 8 nitrogen and oxygen atoms in total. The van der Waals surface area contributed by atoms with E-state index in [0.29, 0.717) is 5.56 Å². The molecule has 2 N–H and O–H groups in total. The van der Waals surface area contributed by atoms with Gasteiger partial charge in [-0.15, -0.1) is 0 Å². The lowest BCUT2D eigenvalue weighted by atomic mass is 10.1. The highest BCUT2D eigenvalue weighted by atomic mass is 35.5. The Balaban J connectivity index is 1.31. The molecule has 0 aliphatic carbocycles. The molecule has 182 valence electrons. The summed E-state index contributed by atoms with van der Waals surface area (Å²) in [6.07, 6.45) is 0. The van der Waals surface area contributed by atoms with E-state index < -0.39 is 17.8 Å². The number of hydrogen-bond donors (Lipinski definition) is 2. The summed E-state index contributed by atoms with van der Waals surface area (Å²) < 4.78 is 0. The van der Waals surface area contributed by atoms with Crippen LogP contribution < -0.4 is 15.7 Å². The zero-order valence-corrected chi connectivity index (χ0v) is 19.7. The van der Waals surface area contributed by atoms with E-state index in [0.717, 1.165) is 21.6 Å². The number of amides is 3. The van der Waals surface area contributed by atoms with Gasteiger partial charge in [0.1, 0.15) is 10.7 Å². The first-order chi connectivity index (χ1) is 17.3. The summed E-state index contributed by atoms with van der Waals surface area (Å²) in [4.78, 5) is 49.6. The van der Waals surface area contributed by atoms with Crippen molar-refractivity contribution in [2.75, 3.05) is 0 Å². The van der Waals surface area contributed by atoms with E-state index in [9.17, 15) is 24.3 Å². The van der Waals surface area contributed by atoms with Gasteiger partial charge in [-0.1, -0.05) is 78.3 Å². The lowest BCUT2D eigenvalue weighted by Gasteiger charge is -2.15. The van der Waals surface area contributed by atoms with Gasteiger partial charge in [0.15, 0.2) is 0 Å². The van der Waals surface area contributed by atoms with Gasteiger partial charge >= 0.3 is 0 Å². The molecule has 3 aromatic carbocycles. The van der Waals surface area contributed by atoms with Gasteiger partial charge in [-0.2, -0.15) is 0 Å². The van der Waals surface area contributed by atoms with Crippen LogP contribution >= 0.6 is 11.6 Å². The number of carbonyl (C=O) groups is 4. The fourth-order valence-corrected chi connectivity index (χ4v) is 3.87. The van der Waals surface area contributed by atoms with Crippen molar-refractivity contribution in [2.45, 2.75) is 19.6 Å². The van der Waals surface area contributed by atoms with Crippen LogP contribution in [0.15, 0.2) is 89.6 Å². The third kappa shape index (κ3) is 5.61. The van der Waals surface area contributed by atoms with Crippen molar-refractivity contribution in [3.05, 3.63) is 117 Å². The summed E-state index contributed by atoms with van der Waals surface area (Å²) in [7, 11) is 0. The normalized spacial score (nSPS) is 13.2. The van der Waals surface area contributed by atoms with E-state index in [-0.39, 0.29) is 41.8 Å². The number of benzene rings is 3. The van der Waals surface area contributed by atoms with Crippen molar-refractivity contribution in [3.8, 4) is 0 Å². The van der Waals surface area contributed by atoms with Crippen molar-refractivity contribution in [3.63, 3.8) is 0 Å². The third-order valence-electron chi connectivity index (χ3n) is 5.62. The molecule has 0 fully saturated rings. The highest BCUT2D eigenvalue weighted by molar-refractivity contribution is 6.47. The van der Waals surface area contributed by atoms with Crippen molar-refractivity contribution >= 4 is 35.3 Å². The molecule has 0 spiro atoms. The number of hydrogen-bond acceptors (Lipinski definition) is 6. The molecule has 1 heterocycles. The smallest absolute Gasteiger partial charge is 0.278 e. The topological polar surface area (TPSA) is 119 Å². The summed E-state index contributed by atoms with van der Waals surface area (Å²) in [6.45, 7) is 0.596.